The predicted molar refractivity (Wildman–Crippen MR) is 115 cm³/mol. The molecule has 5 heteroatoms. The molecule has 0 saturated heterocycles. The van der Waals surface area contributed by atoms with Gasteiger partial charge in [-0.05, 0) is 43.3 Å². The summed E-state index contributed by atoms with van der Waals surface area (Å²) in [6, 6.07) is 24.4. The van der Waals surface area contributed by atoms with Gasteiger partial charge in [-0.25, -0.2) is 4.99 Å². The fraction of sp³-hybridized carbons (Fsp3) is 0.125. The molecule has 0 heterocycles. The van der Waals surface area contributed by atoms with Crippen LogP contribution < -0.4 is 18.9 Å². The highest BCUT2D eigenvalue weighted by molar-refractivity contribution is 5.96. The maximum absolute atomic E-state index is 6.09. The first kappa shape index (κ1) is 20.0. The number of para-hydroxylation sites is 5. The summed E-state index contributed by atoms with van der Waals surface area (Å²) in [5.41, 5.74) is 1.47. The molecule has 0 N–H and O–H groups in total. The third-order valence-electron chi connectivity index (χ3n) is 4.03. The second kappa shape index (κ2) is 9.99. The zero-order chi connectivity index (χ0) is 20.5. The quantitative estimate of drug-likeness (QED) is 0.291. The van der Waals surface area contributed by atoms with Crippen molar-refractivity contribution in [1.82, 2.24) is 0 Å². The number of methoxy groups -OCH3 is 2. The van der Waals surface area contributed by atoms with E-state index in [0.29, 0.717) is 34.5 Å². The highest BCUT2D eigenvalue weighted by atomic mass is 16.5. The Hall–Kier alpha value is -3.73. The molecule has 0 unspecified atom stereocenters. The van der Waals surface area contributed by atoms with E-state index in [1.165, 1.54) is 0 Å². The first-order chi connectivity index (χ1) is 14.2. The van der Waals surface area contributed by atoms with E-state index < -0.39 is 0 Å². The molecule has 29 heavy (non-hydrogen) atoms. The van der Waals surface area contributed by atoms with Crippen molar-refractivity contribution >= 4 is 11.6 Å². The van der Waals surface area contributed by atoms with E-state index >= 15 is 0 Å². The number of rotatable bonds is 7. The molecule has 0 fully saturated rings. The lowest BCUT2D eigenvalue weighted by molar-refractivity contribution is 0.376. The maximum Gasteiger partial charge on any atom is 0.226 e. The SMILES string of the molecule is COc1ccccc1OC=C(C)C(=Nc1ccccc1)Oc1ccccc1OC. The summed E-state index contributed by atoms with van der Waals surface area (Å²) in [5.74, 6) is 2.83. The summed E-state index contributed by atoms with van der Waals surface area (Å²) < 4.78 is 22.6. The van der Waals surface area contributed by atoms with Gasteiger partial charge in [0.25, 0.3) is 0 Å². The predicted octanol–water partition coefficient (Wildman–Crippen LogP) is 5.80. The van der Waals surface area contributed by atoms with Gasteiger partial charge in [-0.3, -0.25) is 0 Å². The first-order valence-corrected chi connectivity index (χ1v) is 9.12. The smallest absolute Gasteiger partial charge is 0.226 e. The standard InChI is InChI=1S/C24H23NO4/c1-18(17-28-22-15-9-7-13-20(22)26-2)24(25-19-11-5-4-6-12-19)29-23-16-10-8-14-21(23)27-3/h4-17H,1-3H3. The van der Waals surface area contributed by atoms with Crippen molar-refractivity contribution in [3.05, 3.63) is 90.7 Å². The van der Waals surface area contributed by atoms with Crippen molar-refractivity contribution in [1.29, 1.82) is 0 Å². The minimum Gasteiger partial charge on any atom is -0.493 e. The van der Waals surface area contributed by atoms with Crippen LogP contribution in [0, 0.1) is 0 Å². The van der Waals surface area contributed by atoms with E-state index in [4.69, 9.17) is 18.9 Å². The van der Waals surface area contributed by atoms with Gasteiger partial charge in [0.1, 0.15) is 0 Å². The van der Waals surface area contributed by atoms with Crippen LogP contribution in [-0.2, 0) is 0 Å². The number of nitrogens with zero attached hydrogens (tertiary/aromatic N) is 1. The summed E-state index contributed by atoms with van der Waals surface area (Å²) in [6.07, 6.45) is 1.59. The Morgan fingerprint density at radius 1 is 0.690 bits per heavy atom. The second-order valence-corrected chi connectivity index (χ2v) is 6.08. The van der Waals surface area contributed by atoms with Crippen LogP contribution >= 0.6 is 0 Å². The highest BCUT2D eigenvalue weighted by Crippen LogP contribution is 2.29. The molecule has 0 saturated carbocycles. The summed E-state index contributed by atoms with van der Waals surface area (Å²) in [4.78, 5) is 4.64. The molecule has 3 aromatic rings. The molecule has 3 rings (SSSR count). The molecule has 0 bridgehead atoms. The lowest BCUT2D eigenvalue weighted by Crippen LogP contribution is -2.11. The molecule has 0 atom stereocenters. The van der Waals surface area contributed by atoms with Crippen LogP contribution in [0.15, 0.2) is 95.7 Å². The Labute approximate surface area is 170 Å². The van der Waals surface area contributed by atoms with Crippen LogP contribution in [0.1, 0.15) is 6.92 Å². The van der Waals surface area contributed by atoms with Crippen molar-refractivity contribution < 1.29 is 18.9 Å². The minimum absolute atomic E-state index is 0.399. The van der Waals surface area contributed by atoms with E-state index in [2.05, 4.69) is 4.99 Å². The van der Waals surface area contributed by atoms with Crippen LogP contribution in [0.25, 0.3) is 0 Å². The number of benzene rings is 3. The largest absolute Gasteiger partial charge is 0.493 e. The molecular formula is C24H23NO4. The summed E-state index contributed by atoms with van der Waals surface area (Å²) in [6.45, 7) is 1.87. The Kier molecular flexibility index (Phi) is 6.90. The van der Waals surface area contributed by atoms with E-state index in [0.717, 1.165) is 5.69 Å². The van der Waals surface area contributed by atoms with Gasteiger partial charge in [-0.2, -0.15) is 0 Å². The Bertz CT molecular complexity index is 997. The van der Waals surface area contributed by atoms with Gasteiger partial charge in [0.2, 0.25) is 5.90 Å². The molecule has 0 aliphatic rings. The van der Waals surface area contributed by atoms with Gasteiger partial charge in [0, 0.05) is 5.57 Å². The van der Waals surface area contributed by atoms with Crippen molar-refractivity contribution in [2.24, 2.45) is 4.99 Å². The van der Waals surface area contributed by atoms with Crippen molar-refractivity contribution in [2.45, 2.75) is 6.92 Å². The molecule has 148 valence electrons. The highest BCUT2D eigenvalue weighted by Gasteiger charge is 2.12. The molecule has 0 aliphatic carbocycles. The zero-order valence-corrected chi connectivity index (χ0v) is 16.7. The average Bonchev–Trinajstić information content (AvgIpc) is 2.78. The van der Waals surface area contributed by atoms with Crippen molar-refractivity contribution in [3.8, 4) is 23.0 Å². The number of aliphatic imine (C=N–C) groups is 1. The third-order valence-corrected chi connectivity index (χ3v) is 4.03. The Morgan fingerprint density at radius 2 is 1.21 bits per heavy atom. The molecule has 0 aliphatic heterocycles. The van der Waals surface area contributed by atoms with Gasteiger partial charge >= 0.3 is 0 Å². The first-order valence-electron chi connectivity index (χ1n) is 9.12. The van der Waals surface area contributed by atoms with E-state index in [1.807, 2.05) is 85.8 Å². The summed E-state index contributed by atoms with van der Waals surface area (Å²) in [7, 11) is 3.20. The molecule has 3 aromatic carbocycles. The zero-order valence-electron chi connectivity index (χ0n) is 16.7. The minimum atomic E-state index is 0.399. The second-order valence-electron chi connectivity index (χ2n) is 6.08. The fourth-order valence-corrected chi connectivity index (χ4v) is 2.54. The average molecular weight is 389 g/mol. The van der Waals surface area contributed by atoms with Gasteiger partial charge in [-0.1, -0.05) is 42.5 Å². The van der Waals surface area contributed by atoms with Crippen LogP contribution in [0.4, 0.5) is 5.69 Å². The van der Waals surface area contributed by atoms with Crippen molar-refractivity contribution in [2.75, 3.05) is 14.2 Å². The molecular weight excluding hydrogens is 366 g/mol. The molecule has 0 aromatic heterocycles. The van der Waals surface area contributed by atoms with E-state index in [9.17, 15) is 0 Å². The monoisotopic (exact) mass is 389 g/mol. The molecule has 0 amide bonds. The van der Waals surface area contributed by atoms with Crippen LogP contribution in [0.2, 0.25) is 0 Å². The van der Waals surface area contributed by atoms with Gasteiger partial charge in [-0.15, -0.1) is 0 Å². The van der Waals surface area contributed by atoms with Crippen LogP contribution in [-0.4, -0.2) is 20.1 Å². The number of hydrogen-bond acceptors (Lipinski definition) is 5. The molecule has 5 nitrogen and oxygen atoms in total. The van der Waals surface area contributed by atoms with E-state index in [1.54, 1.807) is 20.5 Å². The summed E-state index contributed by atoms with van der Waals surface area (Å²) in [5, 5.41) is 0. The topological polar surface area (TPSA) is 49.3 Å². The van der Waals surface area contributed by atoms with Crippen molar-refractivity contribution in [3.63, 3.8) is 0 Å². The lowest BCUT2D eigenvalue weighted by Gasteiger charge is -2.13. The number of hydrogen-bond donors (Lipinski definition) is 0. The lowest BCUT2D eigenvalue weighted by atomic mass is 10.3. The maximum atomic E-state index is 6.09. The van der Waals surface area contributed by atoms with Gasteiger partial charge in [0.05, 0.1) is 26.2 Å². The summed E-state index contributed by atoms with van der Waals surface area (Å²) >= 11 is 0. The van der Waals surface area contributed by atoms with Crippen LogP contribution in [0.5, 0.6) is 23.0 Å². The fourth-order valence-electron chi connectivity index (χ4n) is 2.54. The number of ether oxygens (including phenoxy) is 4. The van der Waals surface area contributed by atoms with Gasteiger partial charge in [0.15, 0.2) is 23.0 Å². The molecule has 0 radical (unpaired) electrons. The van der Waals surface area contributed by atoms with Gasteiger partial charge < -0.3 is 18.9 Å². The van der Waals surface area contributed by atoms with E-state index in [-0.39, 0.29) is 0 Å². The third kappa shape index (κ3) is 5.39. The van der Waals surface area contributed by atoms with Crippen LogP contribution in [0.3, 0.4) is 0 Å². The Balaban J connectivity index is 1.92. The molecule has 0 spiro atoms. The Morgan fingerprint density at radius 3 is 1.83 bits per heavy atom. The normalized spacial score (nSPS) is 11.7.